The number of halogens is 1. The van der Waals surface area contributed by atoms with E-state index in [4.69, 9.17) is 0 Å². The molecule has 1 fully saturated rings. The molecular formula is C21H26FN3O3S. The molecule has 1 N–H and O–H groups in total. The number of nitrogens with one attached hydrogen (secondary N) is 1. The zero-order valence-corrected chi connectivity index (χ0v) is 17.3. The maximum absolute atomic E-state index is 12.9. The van der Waals surface area contributed by atoms with Gasteiger partial charge in [-0.3, -0.25) is 9.69 Å². The standard InChI is InChI=1S/C21H26FN3O3S/c1-17-3-9-20(10-4-17)29(27,28)25-12-2-11-24(13-14-25)16-21(26)23-15-18-5-7-19(22)8-6-18/h3-10H,2,11-16H2,1H3,(H,23,26). The van der Waals surface area contributed by atoms with E-state index >= 15 is 0 Å². The lowest BCUT2D eigenvalue weighted by Gasteiger charge is -2.21. The van der Waals surface area contributed by atoms with Crippen LogP contribution in [0, 0.1) is 12.7 Å². The summed E-state index contributed by atoms with van der Waals surface area (Å²) in [6.07, 6.45) is 0.663. The molecule has 0 spiro atoms. The minimum absolute atomic E-state index is 0.135. The molecule has 0 aromatic heterocycles. The average Bonchev–Trinajstić information content (AvgIpc) is 2.94. The molecule has 1 amide bonds. The summed E-state index contributed by atoms with van der Waals surface area (Å²) in [6.45, 7) is 4.39. The molecule has 0 bridgehead atoms. The summed E-state index contributed by atoms with van der Waals surface area (Å²) in [4.78, 5) is 14.5. The van der Waals surface area contributed by atoms with Crippen LogP contribution in [0.2, 0.25) is 0 Å². The van der Waals surface area contributed by atoms with E-state index in [0.29, 0.717) is 44.0 Å². The van der Waals surface area contributed by atoms with Crippen molar-refractivity contribution in [2.75, 3.05) is 32.7 Å². The first-order chi connectivity index (χ1) is 13.8. The molecule has 156 valence electrons. The maximum atomic E-state index is 12.9. The van der Waals surface area contributed by atoms with Gasteiger partial charge in [0.1, 0.15) is 5.82 Å². The molecule has 0 aliphatic carbocycles. The van der Waals surface area contributed by atoms with Crippen molar-refractivity contribution in [2.45, 2.75) is 24.8 Å². The Morgan fingerprint density at radius 2 is 1.69 bits per heavy atom. The Balaban J connectivity index is 1.52. The fraction of sp³-hybridized carbons (Fsp3) is 0.381. The monoisotopic (exact) mass is 419 g/mol. The second-order valence-electron chi connectivity index (χ2n) is 7.25. The first kappa shape index (κ1) is 21.4. The third-order valence-corrected chi connectivity index (χ3v) is 6.89. The summed E-state index contributed by atoms with van der Waals surface area (Å²) in [6, 6.07) is 12.8. The van der Waals surface area contributed by atoms with Crippen LogP contribution >= 0.6 is 0 Å². The highest BCUT2D eigenvalue weighted by molar-refractivity contribution is 7.89. The second-order valence-corrected chi connectivity index (χ2v) is 9.19. The molecule has 0 saturated carbocycles. The number of hydrogen-bond donors (Lipinski definition) is 1. The van der Waals surface area contributed by atoms with Crippen LogP contribution in [-0.4, -0.2) is 56.3 Å². The Hall–Kier alpha value is -2.29. The predicted molar refractivity (Wildman–Crippen MR) is 109 cm³/mol. The summed E-state index contributed by atoms with van der Waals surface area (Å²) in [5, 5.41) is 2.82. The van der Waals surface area contributed by atoms with Crippen LogP contribution in [0.15, 0.2) is 53.4 Å². The van der Waals surface area contributed by atoms with Gasteiger partial charge in [0.2, 0.25) is 15.9 Å². The van der Waals surface area contributed by atoms with Crippen LogP contribution in [0.3, 0.4) is 0 Å². The smallest absolute Gasteiger partial charge is 0.243 e. The van der Waals surface area contributed by atoms with Crippen molar-refractivity contribution in [1.82, 2.24) is 14.5 Å². The largest absolute Gasteiger partial charge is 0.351 e. The van der Waals surface area contributed by atoms with E-state index < -0.39 is 10.0 Å². The number of sulfonamides is 1. The molecule has 1 aliphatic rings. The summed E-state index contributed by atoms with van der Waals surface area (Å²) < 4.78 is 40.2. The van der Waals surface area contributed by atoms with Crippen LogP contribution in [0.4, 0.5) is 4.39 Å². The van der Waals surface area contributed by atoms with Gasteiger partial charge < -0.3 is 5.32 Å². The number of nitrogens with zero attached hydrogens (tertiary/aromatic N) is 2. The molecule has 8 heteroatoms. The first-order valence-electron chi connectivity index (χ1n) is 9.65. The van der Waals surface area contributed by atoms with E-state index in [1.165, 1.54) is 16.4 Å². The quantitative estimate of drug-likeness (QED) is 0.779. The predicted octanol–water partition coefficient (Wildman–Crippen LogP) is 2.15. The lowest BCUT2D eigenvalue weighted by atomic mass is 10.2. The lowest BCUT2D eigenvalue weighted by Crippen LogP contribution is -2.39. The number of amides is 1. The lowest BCUT2D eigenvalue weighted by molar-refractivity contribution is -0.122. The van der Waals surface area contributed by atoms with Gasteiger partial charge in [-0.1, -0.05) is 29.8 Å². The Morgan fingerprint density at radius 1 is 1.00 bits per heavy atom. The van der Waals surface area contributed by atoms with Gasteiger partial charge in [0.15, 0.2) is 0 Å². The number of carbonyl (C=O) groups is 1. The first-order valence-corrected chi connectivity index (χ1v) is 11.1. The molecule has 2 aromatic carbocycles. The van der Waals surface area contributed by atoms with Crippen LogP contribution in [0.5, 0.6) is 0 Å². The summed E-state index contributed by atoms with van der Waals surface area (Å²) in [5.74, 6) is -0.445. The molecule has 1 aliphatic heterocycles. The average molecular weight is 420 g/mol. The third-order valence-electron chi connectivity index (χ3n) is 4.98. The molecular weight excluding hydrogens is 393 g/mol. The van der Waals surface area contributed by atoms with Gasteiger partial charge in [-0.2, -0.15) is 4.31 Å². The zero-order chi connectivity index (χ0) is 20.9. The third kappa shape index (κ3) is 5.85. The summed E-state index contributed by atoms with van der Waals surface area (Å²) in [5.41, 5.74) is 1.84. The van der Waals surface area contributed by atoms with Gasteiger partial charge >= 0.3 is 0 Å². The number of carbonyl (C=O) groups excluding carboxylic acids is 1. The number of hydrogen-bond acceptors (Lipinski definition) is 4. The zero-order valence-electron chi connectivity index (χ0n) is 16.5. The van der Waals surface area contributed by atoms with Crippen molar-refractivity contribution >= 4 is 15.9 Å². The van der Waals surface area contributed by atoms with Crippen molar-refractivity contribution in [1.29, 1.82) is 0 Å². The van der Waals surface area contributed by atoms with E-state index in [-0.39, 0.29) is 18.3 Å². The van der Waals surface area contributed by atoms with Gasteiger partial charge in [-0.15, -0.1) is 0 Å². The van der Waals surface area contributed by atoms with E-state index in [2.05, 4.69) is 5.32 Å². The normalized spacial score (nSPS) is 16.3. The van der Waals surface area contributed by atoms with Gasteiger partial charge in [0.05, 0.1) is 11.4 Å². The van der Waals surface area contributed by atoms with E-state index in [1.807, 2.05) is 11.8 Å². The Bertz CT molecular complexity index is 931. The number of aryl methyl sites for hydroxylation is 1. The Kier molecular flexibility index (Phi) is 7.00. The van der Waals surface area contributed by atoms with E-state index in [9.17, 15) is 17.6 Å². The molecule has 1 saturated heterocycles. The highest BCUT2D eigenvalue weighted by atomic mass is 32.2. The van der Waals surface area contributed by atoms with Crippen LogP contribution in [0.25, 0.3) is 0 Å². The molecule has 0 unspecified atom stereocenters. The van der Waals surface area contributed by atoms with E-state index in [1.54, 1.807) is 36.4 Å². The fourth-order valence-corrected chi connectivity index (χ4v) is 4.74. The van der Waals surface area contributed by atoms with Crippen molar-refractivity contribution in [3.63, 3.8) is 0 Å². The van der Waals surface area contributed by atoms with Crippen LogP contribution in [-0.2, 0) is 21.4 Å². The highest BCUT2D eigenvalue weighted by Gasteiger charge is 2.27. The second kappa shape index (κ2) is 9.47. The Labute approximate surface area is 171 Å². The van der Waals surface area contributed by atoms with E-state index in [0.717, 1.165) is 11.1 Å². The molecule has 0 atom stereocenters. The Morgan fingerprint density at radius 3 is 2.38 bits per heavy atom. The molecule has 1 heterocycles. The maximum Gasteiger partial charge on any atom is 0.243 e. The number of benzene rings is 2. The van der Waals surface area contributed by atoms with Gasteiger partial charge in [0, 0.05) is 26.2 Å². The molecule has 6 nitrogen and oxygen atoms in total. The molecule has 0 radical (unpaired) electrons. The van der Waals surface area contributed by atoms with Crippen molar-refractivity contribution in [3.8, 4) is 0 Å². The highest BCUT2D eigenvalue weighted by Crippen LogP contribution is 2.18. The molecule has 3 rings (SSSR count). The fourth-order valence-electron chi connectivity index (χ4n) is 3.27. The van der Waals surface area contributed by atoms with Crippen molar-refractivity contribution in [2.24, 2.45) is 0 Å². The molecule has 29 heavy (non-hydrogen) atoms. The summed E-state index contributed by atoms with van der Waals surface area (Å²) >= 11 is 0. The van der Waals surface area contributed by atoms with Crippen LogP contribution in [0.1, 0.15) is 17.5 Å². The minimum Gasteiger partial charge on any atom is -0.351 e. The molecule has 2 aromatic rings. The SMILES string of the molecule is Cc1ccc(S(=O)(=O)N2CCCN(CC(=O)NCc3ccc(F)cc3)CC2)cc1. The van der Waals surface area contributed by atoms with Crippen molar-refractivity contribution < 1.29 is 17.6 Å². The van der Waals surface area contributed by atoms with Gasteiger partial charge in [-0.05, 0) is 49.7 Å². The van der Waals surface area contributed by atoms with Crippen molar-refractivity contribution in [3.05, 3.63) is 65.5 Å². The van der Waals surface area contributed by atoms with Gasteiger partial charge in [0.25, 0.3) is 0 Å². The number of rotatable bonds is 6. The van der Waals surface area contributed by atoms with Crippen LogP contribution < -0.4 is 5.32 Å². The topological polar surface area (TPSA) is 69.7 Å². The summed E-state index contributed by atoms with van der Waals surface area (Å²) in [7, 11) is -3.53. The minimum atomic E-state index is -3.53. The van der Waals surface area contributed by atoms with Gasteiger partial charge in [-0.25, -0.2) is 12.8 Å².